The van der Waals surface area contributed by atoms with E-state index in [0.717, 1.165) is 0 Å². The average Bonchev–Trinajstić information content (AvgIpc) is 3.13. The van der Waals surface area contributed by atoms with Crippen molar-refractivity contribution in [1.82, 2.24) is 20.1 Å². The second kappa shape index (κ2) is 11.0. The number of hydrogen-bond donors (Lipinski definition) is 2. The number of hydrogen-bond acceptors (Lipinski definition) is 5. The van der Waals surface area contributed by atoms with Crippen molar-refractivity contribution < 1.29 is 14.0 Å². The number of benzene rings is 2. The van der Waals surface area contributed by atoms with Crippen molar-refractivity contribution in [3.05, 3.63) is 69.7 Å². The van der Waals surface area contributed by atoms with Crippen molar-refractivity contribution in [3.8, 4) is 0 Å². The number of carbonyl (C=O) groups excluding carboxylic acids is 2. The SMILES string of the molecule is CC(C)[C@H](NC(=O)c1ccc(Cl)c(Cl)c1)c1nnc(SCC(=O)Nc2ccc(F)cc2)n1C. The zero-order valence-electron chi connectivity index (χ0n) is 18.1. The van der Waals surface area contributed by atoms with Crippen molar-refractivity contribution in [2.24, 2.45) is 13.0 Å². The molecule has 3 rings (SSSR count). The van der Waals surface area contributed by atoms with E-state index in [4.69, 9.17) is 23.2 Å². The van der Waals surface area contributed by atoms with E-state index >= 15 is 0 Å². The second-order valence-electron chi connectivity index (χ2n) is 7.57. The minimum absolute atomic E-state index is 0.0132. The molecule has 0 fully saturated rings. The summed E-state index contributed by atoms with van der Waals surface area (Å²) in [5.41, 5.74) is 0.884. The summed E-state index contributed by atoms with van der Waals surface area (Å²) in [7, 11) is 1.77. The Morgan fingerprint density at radius 2 is 1.79 bits per heavy atom. The van der Waals surface area contributed by atoms with Gasteiger partial charge in [-0.15, -0.1) is 10.2 Å². The van der Waals surface area contributed by atoms with Gasteiger partial charge in [-0.05, 0) is 48.4 Å². The number of carbonyl (C=O) groups is 2. The molecule has 0 radical (unpaired) electrons. The number of thioether (sulfide) groups is 1. The lowest BCUT2D eigenvalue weighted by Crippen LogP contribution is -2.33. The average molecular weight is 510 g/mol. The smallest absolute Gasteiger partial charge is 0.251 e. The predicted molar refractivity (Wildman–Crippen MR) is 128 cm³/mol. The maximum Gasteiger partial charge on any atom is 0.251 e. The Kier molecular flexibility index (Phi) is 8.34. The maximum absolute atomic E-state index is 13.0. The van der Waals surface area contributed by atoms with Gasteiger partial charge < -0.3 is 15.2 Å². The Bertz CT molecular complexity index is 1150. The van der Waals surface area contributed by atoms with E-state index in [-0.39, 0.29) is 29.3 Å². The monoisotopic (exact) mass is 509 g/mol. The van der Waals surface area contributed by atoms with Crippen LogP contribution in [0.3, 0.4) is 0 Å². The van der Waals surface area contributed by atoms with Crippen LogP contribution in [0.25, 0.3) is 0 Å². The molecule has 0 aliphatic heterocycles. The summed E-state index contributed by atoms with van der Waals surface area (Å²) < 4.78 is 14.7. The summed E-state index contributed by atoms with van der Waals surface area (Å²) in [6.07, 6.45) is 0. The van der Waals surface area contributed by atoms with E-state index in [1.807, 2.05) is 13.8 Å². The topological polar surface area (TPSA) is 88.9 Å². The quantitative estimate of drug-likeness (QED) is 0.411. The molecule has 1 aromatic heterocycles. The van der Waals surface area contributed by atoms with Crippen molar-refractivity contribution in [2.75, 3.05) is 11.1 Å². The molecule has 0 aliphatic carbocycles. The molecule has 0 bridgehead atoms. The van der Waals surface area contributed by atoms with Crippen LogP contribution in [0.5, 0.6) is 0 Å². The van der Waals surface area contributed by atoms with Crippen molar-refractivity contribution >= 4 is 52.5 Å². The van der Waals surface area contributed by atoms with Crippen molar-refractivity contribution in [2.45, 2.75) is 25.0 Å². The first-order valence-electron chi connectivity index (χ1n) is 9.99. The lowest BCUT2D eigenvalue weighted by atomic mass is 10.0. The molecule has 0 saturated heterocycles. The van der Waals surface area contributed by atoms with Gasteiger partial charge in [0.1, 0.15) is 5.82 Å². The van der Waals surface area contributed by atoms with Crippen LogP contribution in [-0.4, -0.2) is 32.3 Å². The van der Waals surface area contributed by atoms with Gasteiger partial charge in [-0.25, -0.2) is 4.39 Å². The fraction of sp³-hybridized carbons (Fsp3) is 0.273. The molecule has 7 nitrogen and oxygen atoms in total. The van der Waals surface area contributed by atoms with Crippen LogP contribution in [0, 0.1) is 11.7 Å². The molecular weight excluding hydrogens is 488 g/mol. The molecule has 1 heterocycles. The van der Waals surface area contributed by atoms with Crippen molar-refractivity contribution in [3.63, 3.8) is 0 Å². The van der Waals surface area contributed by atoms with Gasteiger partial charge in [-0.1, -0.05) is 48.8 Å². The van der Waals surface area contributed by atoms with Crippen LogP contribution in [0.15, 0.2) is 47.6 Å². The van der Waals surface area contributed by atoms with E-state index in [1.54, 1.807) is 23.7 Å². The Morgan fingerprint density at radius 1 is 1.09 bits per heavy atom. The highest BCUT2D eigenvalue weighted by Crippen LogP contribution is 2.26. The first-order chi connectivity index (χ1) is 15.7. The number of rotatable bonds is 8. The molecule has 0 spiro atoms. The van der Waals surface area contributed by atoms with Crippen LogP contribution >= 0.6 is 35.0 Å². The Balaban J connectivity index is 1.67. The largest absolute Gasteiger partial charge is 0.342 e. The molecule has 2 N–H and O–H groups in total. The number of anilines is 1. The molecule has 11 heteroatoms. The third-order valence-electron chi connectivity index (χ3n) is 4.74. The number of nitrogens with one attached hydrogen (secondary N) is 2. The van der Waals surface area contributed by atoms with Crippen LogP contribution in [-0.2, 0) is 11.8 Å². The molecule has 2 aromatic carbocycles. The lowest BCUT2D eigenvalue weighted by molar-refractivity contribution is -0.113. The summed E-state index contributed by atoms with van der Waals surface area (Å²) in [6, 6.07) is 9.77. The van der Waals surface area contributed by atoms with E-state index in [0.29, 0.717) is 32.3 Å². The summed E-state index contributed by atoms with van der Waals surface area (Å²) in [5.74, 6) is -0.294. The highest BCUT2D eigenvalue weighted by atomic mass is 35.5. The Morgan fingerprint density at radius 3 is 2.42 bits per heavy atom. The van der Waals surface area contributed by atoms with E-state index in [1.165, 1.54) is 42.1 Å². The summed E-state index contributed by atoms with van der Waals surface area (Å²) >= 11 is 13.2. The van der Waals surface area contributed by atoms with Crippen LogP contribution in [0.4, 0.5) is 10.1 Å². The van der Waals surface area contributed by atoms with Gasteiger partial charge in [-0.3, -0.25) is 9.59 Å². The number of halogens is 3. The van der Waals surface area contributed by atoms with Gasteiger partial charge in [0.25, 0.3) is 5.91 Å². The lowest BCUT2D eigenvalue weighted by Gasteiger charge is -2.22. The van der Waals surface area contributed by atoms with Gasteiger partial charge in [0.15, 0.2) is 11.0 Å². The summed E-state index contributed by atoms with van der Waals surface area (Å²) in [4.78, 5) is 25.0. The number of nitrogens with zero attached hydrogens (tertiary/aromatic N) is 3. The Labute approximate surface area is 205 Å². The standard InChI is InChI=1S/C22H22Cl2FN5O2S/c1-12(2)19(27-21(32)13-4-9-16(23)17(24)10-13)20-28-29-22(30(20)3)33-11-18(31)26-15-7-5-14(25)6-8-15/h4-10,12,19H,11H2,1-3H3,(H,26,31)(H,27,32)/t19-/m0/s1. The highest BCUT2D eigenvalue weighted by Gasteiger charge is 2.25. The molecule has 0 unspecified atom stereocenters. The Hall–Kier alpha value is -2.62. The zero-order valence-corrected chi connectivity index (χ0v) is 20.4. The van der Waals surface area contributed by atoms with Gasteiger partial charge in [0.05, 0.1) is 21.8 Å². The van der Waals surface area contributed by atoms with Gasteiger partial charge >= 0.3 is 0 Å². The normalized spacial score (nSPS) is 12.0. The maximum atomic E-state index is 13.0. The van der Waals surface area contributed by atoms with Crippen LogP contribution < -0.4 is 10.6 Å². The molecule has 2 amide bonds. The number of amides is 2. The van der Waals surface area contributed by atoms with Crippen LogP contribution in [0.2, 0.25) is 10.0 Å². The van der Waals surface area contributed by atoms with E-state index < -0.39 is 6.04 Å². The third-order valence-corrected chi connectivity index (χ3v) is 6.50. The first-order valence-corrected chi connectivity index (χ1v) is 11.7. The van der Waals surface area contributed by atoms with E-state index in [9.17, 15) is 14.0 Å². The molecular formula is C22H22Cl2FN5O2S. The molecule has 33 heavy (non-hydrogen) atoms. The highest BCUT2D eigenvalue weighted by molar-refractivity contribution is 7.99. The third kappa shape index (κ3) is 6.46. The predicted octanol–water partition coefficient (Wildman–Crippen LogP) is 5.12. The minimum Gasteiger partial charge on any atom is -0.342 e. The second-order valence-corrected chi connectivity index (χ2v) is 9.32. The fourth-order valence-corrected chi connectivity index (χ4v) is 3.99. The summed E-state index contributed by atoms with van der Waals surface area (Å²) in [5, 5.41) is 15.3. The van der Waals surface area contributed by atoms with Gasteiger partial charge in [0.2, 0.25) is 5.91 Å². The van der Waals surface area contributed by atoms with E-state index in [2.05, 4.69) is 20.8 Å². The molecule has 3 aromatic rings. The first kappa shape index (κ1) is 25.0. The van der Waals surface area contributed by atoms with Crippen molar-refractivity contribution in [1.29, 1.82) is 0 Å². The number of aromatic nitrogens is 3. The molecule has 174 valence electrons. The zero-order chi connectivity index (χ0) is 24.1. The molecule has 0 aliphatic rings. The van der Waals surface area contributed by atoms with Gasteiger partial charge in [-0.2, -0.15) is 0 Å². The minimum atomic E-state index is -0.424. The van der Waals surface area contributed by atoms with Gasteiger partial charge in [0, 0.05) is 18.3 Å². The fourth-order valence-electron chi connectivity index (χ4n) is 2.97. The molecule has 0 saturated carbocycles. The molecule has 1 atom stereocenters. The summed E-state index contributed by atoms with van der Waals surface area (Å²) in [6.45, 7) is 3.91. The van der Waals surface area contributed by atoms with Crippen LogP contribution in [0.1, 0.15) is 36.1 Å².